The number of amides is 2. The fourth-order valence-electron chi connectivity index (χ4n) is 2.61. The van der Waals surface area contributed by atoms with Crippen molar-refractivity contribution in [3.05, 3.63) is 29.8 Å². The quantitative estimate of drug-likeness (QED) is 0.906. The summed E-state index contributed by atoms with van der Waals surface area (Å²) in [6.45, 7) is 5.49. The van der Waals surface area contributed by atoms with Gasteiger partial charge in [-0.3, -0.25) is 9.59 Å². The molecule has 0 saturated carbocycles. The second kappa shape index (κ2) is 7.29. The van der Waals surface area contributed by atoms with Crippen LogP contribution in [-0.2, 0) is 4.79 Å². The molecule has 1 aliphatic heterocycles. The van der Waals surface area contributed by atoms with E-state index in [0.717, 1.165) is 25.9 Å². The molecule has 0 spiro atoms. The Morgan fingerprint density at radius 3 is 2.23 bits per heavy atom. The molecule has 120 valence electrons. The van der Waals surface area contributed by atoms with E-state index in [9.17, 15) is 9.59 Å². The minimum Gasteiger partial charge on any atom is -0.497 e. The summed E-state index contributed by atoms with van der Waals surface area (Å²) in [4.78, 5) is 26.7. The van der Waals surface area contributed by atoms with E-state index >= 15 is 0 Å². The summed E-state index contributed by atoms with van der Waals surface area (Å²) < 4.78 is 5.08. The lowest BCUT2D eigenvalue weighted by Crippen LogP contribution is -2.50. The highest BCUT2D eigenvalue weighted by Gasteiger charge is 2.30. The standard InChI is InChI=1S/C17H24N2O3/c1-12(2)15(17(21)19-10-4-5-11-19)18-16(20)13-6-8-14(22-3)9-7-13/h6-9,12,15H,4-5,10-11H2,1-3H3,(H,18,20)/t15-/m0/s1. The first-order chi connectivity index (χ1) is 10.5. The summed E-state index contributed by atoms with van der Waals surface area (Å²) >= 11 is 0. The Kier molecular flexibility index (Phi) is 5.41. The summed E-state index contributed by atoms with van der Waals surface area (Å²) in [6, 6.07) is 6.40. The van der Waals surface area contributed by atoms with Gasteiger partial charge >= 0.3 is 0 Å². The van der Waals surface area contributed by atoms with Gasteiger partial charge in [0.1, 0.15) is 11.8 Å². The molecular weight excluding hydrogens is 280 g/mol. The Morgan fingerprint density at radius 2 is 1.73 bits per heavy atom. The number of carbonyl (C=O) groups excluding carboxylic acids is 2. The number of ether oxygens (including phenoxy) is 1. The first-order valence-corrected chi connectivity index (χ1v) is 7.76. The molecule has 1 N–H and O–H groups in total. The molecule has 0 radical (unpaired) electrons. The largest absolute Gasteiger partial charge is 0.497 e. The molecule has 0 aliphatic carbocycles. The van der Waals surface area contributed by atoms with E-state index in [1.54, 1.807) is 31.4 Å². The predicted molar refractivity (Wildman–Crippen MR) is 84.9 cm³/mol. The lowest BCUT2D eigenvalue weighted by Gasteiger charge is -2.26. The number of hydrogen-bond acceptors (Lipinski definition) is 3. The third kappa shape index (κ3) is 3.78. The lowest BCUT2D eigenvalue weighted by molar-refractivity contribution is -0.133. The number of hydrogen-bond donors (Lipinski definition) is 1. The second-order valence-electron chi connectivity index (χ2n) is 5.96. The summed E-state index contributed by atoms with van der Waals surface area (Å²) in [5.74, 6) is 0.545. The van der Waals surface area contributed by atoms with Crippen LogP contribution in [0.15, 0.2) is 24.3 Å². The first kappa shape index (κ1) is 16.3. The van der Waals surface area contributed by atoms with Gasteiger partial charge < -0.3 is 15.0 Å². The van der Waals surface area contributed by atoms with Gasteiger partial charge in [0.05, 0.1) is 7.11 Å². The Hall–Kier alpha value is -2.04. The second-order valence-corrected chi connectivity index (χ2v) is 5.96. The number of nitrogens with one attached hydrogen (secondary N) is 1. The highest BCUT2D eigenvalue weighted by Crippen LogP contribution is 2.15. The van der Waals surface area contributed by atoms with Crippen LogP contribution < -0.4 is 10.1 Å². The number of carbonyl (C=O) groups is 2. The van der Waals surface area contributed by atoms with Gasteiger partial charge in [-0.15, -0.1) is 0 Å². The van der Waals surface area contributed by atoms with Gasteiger partial charge in [-0.25, -0.2) is 0 Å². The van der Waals surface area contributed by atoms with Gasteiger partial charge in [-0.1, -0.05) is 13.8 Å². The highest BCUT2D eigenvalue weighted by molar-refractivity contribution is 5.97. The predicted octanol–water partition coefficient (Wildman–Crippen LogP) is 2.07. The molecule has 0 aromatic heterocycles. The topological polar surface area (TPSA) is 58.6 Å². The van der Waals surface area contributed by atoms with Crippen molar-refractivity contribution < 1.29 is 14.3 Å². The fourth-order valence-corrected chi connectivity index (χ4v) is 2.61. The number of benzene rings is 1. The van der Waals surface area contributed by atoms with Crippen LogP contribution >= 0.6 is 0 Å². The van der Waals surface area contributed by atoms with Crippen molar-refractivity contribution in [2.24, 2.45) is 5.92 Å². The van der Waals surface area contributed by atoms with Crippen molar-refractivity contribution in [3.63, 3.8) is 0 Å². The molecule has 5 heteroatoms. The highest BCUT2D eigenvalue weighted by atomic mass is 16.5. The summed E-state index contributed by atoms with van der Waals surface area (Å²) in [5.41, 5.74) is 0.528. The van der Waals surface area contributed by atoms with Crippen LogP contribution in [0, 0.1) is 5.92 Å². The molecule has 2 rings (SSSR count). The molecule has 1 fully saturated rings. The van der Waals surface area contributed by atoms with Crippen molar-refractivity contribution in [2.45, 2.75) is 32.7 Å². The zero-order valence-corrected chi connectivity index (χ0v) is 13.5. The Bertz CT molecular complexity index is 519. The molecule has 2 amide bonds. The van der Waals surface area contributed by atoms with Crippen LogP contribution in [0.25, 0.3) is 0 Å². The van der Waals surface area contributed by atoms with Crippen molar-refractivity contribution >= 4 is 11.8 Å². The molecule has 1 saturated heterocycles. The molecule has 0 unspecified atom stereocenters. The van der Waals surface area contributed by atoms with Crippen LogP contribution in [0.4, 0.5) is 0 Å². The Balaban J connectivity index is 2.06. The lowest BCUT2D eigenvalue weighted by atomic mass is 10.0. The van der Waals surface area contributed by atoms with E-state index in [2.05, 4.69) is 5.32 Å². The normalized spacial score (nSPS) is 15.7. The van der Waals surface area contributed by atoms with Crippen molar-refractivity contribution in [1.82, 2.24) is 10.2 Å². The summed E-state index contributed by atoms with van der Waals surface area (Å²) in [7, 11) is 1.58. The van der Waals surface area contributed by atoms with Gasteiger partial charge in [-0.05, 0) is 43.0 Å². The van der Waals surface area contributed by atoms with E-state index < -0.39 is 6.04 Å². The smallest absolute Gasteiger partial charge is 0.251 e. The average molecular weight is 304 g/mol. The molecule has 1 heterocycles. The maximum absolute atomic E-state index is 12.5. The van der Waals surface area contributed by atoms with Gasteiger partial charge in [-0.2, -0.15) is 0 Å². The molecule has 1 atom stereocenters. The Labute approximate surface area is 131 Å². The molecule has 1 aliphatic rings. The first-order valence-electron chi connectivity index (χ1n) is 7.76. The number of nitrogens with zero attached hydrogens (tertiary/aromatic N) is 1. The van der Waals surface area contributed by atoms with E-state index in [-0.39, 0.29) is 17.7 Å². The van der Waals surface area contributed by atoms with E-state index in [0.29, 0.717) is 11.3 Å². The molecular formula is C17H24N2O3. The van der Waals surface area contributed by atoms with Crippen molar-refractivity contribution in [3.8, 4) is 5.75 Å². The maximum atomic E-state index is 12.5. The zero-order chi connectivity index (χ0) is 16.1. The van der Waals surface area contributed by atoms with Crippen LogP contribution in [0.5, 0.6) is 5.75 Å². The van der Waals surface area contributed by atoms with Crippen molar-refractivity contribution in [2.75, 3.05) is 20.2 Å². The monoisotopic (exact) mass is 304 g/mol. The van der Waals surface area contributed by atoms with Gasteiger partial charge in [0.15, 0.2) is 0 Å². The van der Waals surface area contributed by atoms with E-state index in [1.807, 2.05) is 18.7 Å². The number of methoxy groups -OCH3 is 1. The fraction of sp³-hybridized carbons (Fsp3) is 0.529. The molecule has 0 bridgehead atoms. The number of rotatable bonds is 5. The summed E-state index contributed by atoms with van der Waals surface area (Å²) in [6.07, 6.45) is 2.09. The van der Waals surface area contributed by atoms with Gasteiger partial charge in [0, 0.05) is 18.7 Å². The SMILES string of the molecule is COc1ccc(C(=O)N[C@H](C(=O)N2CCCC2)C(C)C)cc1. The van der Waals surface area contributed by atoms with Crippen molar-refractivity contribution in [1.29, 1.82) is 0 Å². The van der Waals surface area contributed by atoms with Crippen LogP contribution in [-0.4, -0.2) is 43.0 Å². The van der Waals surface area contributed by atoms with E-state index in [1.165, 1.54) is 0 Å². The van der Waals surface area contributed by atoms with Crippen LogP contribution in [0.2, 0.25) is 0 Å². The molecule has 5 nitrogen and oxygen atoms in total. The van der Waals surface area contributed by atoms with Gasteiger partial charge in [0.2, 0.25) is 5.91 Å². The molecule has 1 aromatic rings. The zero-order valence-electron chi connectivity index (χ0n) is 13.5. The average Bonchev–Trinajstić information content (AvgIpc) is 3.06. The molecule has 1 aromatic carbocycles. The third-order valence-corrected chi connectivity index (χ3v) is 3.99. The maximum Gasteiger partial charge on any atom is 0.251 e. The minimum atomic E-state index is -0.479. The third-order valence-electron chi connectivity index (χ3n) is 3.99. The number of likely N-dealkylation sites (tertiary alicyclic amines) is 1. The van der Waals surface area contributed by atoms with Gasteiger partial charge in [0.25, 0.3) is 5.91 Å². The Morgan fingerprint density at radius 1 is 1.14 bits per heavy atom. The van der Waals surface area contributed by atoms with Crippen LogP contribution in [0.1, 0.15) is 37.0 Å². The molecule has 22 heavy (non-hydrogen) atoms. The van der Waals surface area contributed by atoms with Crippen LogP contribution in [0.3, 0.4) is 0 Å². The summed E-state index contributed by atoms with van der Waals surface area (Å²) in [5, 5.41) is 2.88. The minimum absolute atomic E-state index is 0.0226. The van der Waals surface area contributed by atoms with E-state index in [4.69, 9.17) is 4.74 Å².